The van der Waals surface area contributed by atoms with Gasteiger partial charge in [0.25, 0.3) is 5.91 Å². The quantitative estimate of drug-likeness (QED) is 0.343. The van der Waals surface area contributed by atoms with Crippen LogP contribution in [0.4, 0.5) is 31.1 Å². The minimum atomic E-state index is -5.17. The van der Waals surface area contributed by atoms with Crippen LogP contribution in [0.2, 0.25) is 0 Å². The summed E-state index contributed by atoms with van der Waals surface area (Å²) in [6, 6.07) is 7.88. The lowest BCUT2D eigenvalue weighted by Gasteiger charge is -2.41. The number of piperidine rings is 1. The Labute approximate surface area is 290 Å². The molecule has 2 aliphatic rings. The van der Waals surface area contributed by atoms with Crippen LogP contribution in [0.25, 0.3) is 0 Å². The number of carbonyl (C=O) groups is 4. The summed E-state index contributed by atoms with van der Waals surface area (Å²) in [4.78, 5) is 55.1. The number of alkyl carbamates (subject to hydrolysis) is 1. The van der Waals surface area contributed by atoms with E-state index in [1.165, 1.54) is 30.8 Å². The highest BCUT2D eigenvalue weighted by molar-refractivity contribution is 6.13. The number of hydrogen-bond donors (Lipinski definition) is 2. The number of hydrogen-bond acceptors (Lipinski definition) is 7. The molecule has 17 heteroatoms. The zero-order valence-electron chi connectivity index (χ0n) is 28.8. The number of amides is 4. The van der Waals surface area contributed by atoms with Gasteiger partial charge in [0.1, 0.15) is 35.0 Å². The van der Waals surface area contributed by atoms with Gasteiger partial charge in [0.2, 0.25) is 11.8 Å². The van der Waals surface area contributed by atoms with Gasteiger partial charge in [-0.1, -0.05) is 30.3 Å². The van der Waals surface area contributed by atoms with Gasteiger partial charge in [0, 0.05) is 26.6 Å². The van der Waals surface area contributed by atoms with Gasteiger partial charge in [-0.05, 0) is 64.8 Å². The number of nitrogens with one attached hydrogen (secondary N) is 2. The van der Waals surface area contributed by atoms with Crippen molar-refractivity contribution in [2.45, 2.75) is 77.0 Å². The molecule has 0 aromatic heterocycles. The number of fused-ring (bicyclic) bond motifs is 1. The van der Waals surface area contributed by atoms with Gasteiger partial charge in [0.15, 0.2) is 0 Å². The molecule has 2 aromatic rings. The highest BCUT2D eigenvalue weighted by atomic mass is 19.4. The van der Waals surface area contributed by atoms with Crippen LogP contribution in [-0.4, -0.2) is 83.4 Å². The lowest BCUT2D eigenvalue weighted by molar-refractivity contribution is -0.144. The first-order valence-electron chi connectivity index (χ1n) is 15.8. The third-order valence-electron chi connectivity index (χ3n) is 8.23. The Morgan fingerprint density at radius 3 is 2.08 bits per heavy atom. The lowest BCUT2D eigenvalue weighted by Crippen LogP contribution is -2.63. The first kappa shape index (κ1) is 39.0. The van der Waals surface area contributed by atoms with Crippen LogP contribution in [0.15, 0.2) is 53.6 Å². The Hall–Kier alpha value is -4.83. The van der Waals surface area contributed by atoms with E-state index in [2.05, 4.69) is 15.7 Å². The van der Waals surface area contributed by atoms with Crippen LogP contribution in [0.1, 0.15) is 57.7 Å². The number of likely N-dealkylation sites (tertiary alicyclic amines) is 1. The highest BCUT2D eigenvalue weighted by Gasteiger charge is 2.54. The first-order chi connectivity index (χ1) is 23.4. The van der Waals surface area contributed by atoms with Crippen molar-refractivity contribution >= 4 is 29.5 Å². The average Bonchev–Trinajstić information content (AvgIpc) is 3.25. The minimum Gasteiger partial charge on any atom is -0.491 e. The van der Waals surface area contributed by atoms with Crippen LogP contribution in [-0.2, 0) is 37.9 Å². The Morgan fingerprint density at radius 2 is 1.53 bits per heavy atom. The summed E-state index contributed by atoms with van der Waals surface area (Å²) in [6.45, 7) is 6.27. The summed E-state index contributed by atoms with van der Waals surface area (Å²) < 4.78 is 91.9. The predicted octanol–water partition coefficient (Wildman–Crippen LogP) is 5.18. The Kier molecular flexibility index (Phi) is 10.7. The molecular weight excluding hydrogens is 688 g/mol. The molecule has 0 radical (unpaired) electrons. The van der Waals surface area contributed by atoms with E-state index in [0.717, 1.165) is 5.56 Å². The first-order valence-corrected chi connectivity index (χ1v) is 15.8. The van der Waals surface area contributed by atoms with Crippen molar-refractivity contribution in [2.24, 2.45) is 10.5 Å². The standard InChI is InChI=1S/C34H39F6N5O6/c1-30(2,3)51-29(49)42-31(4,5)27(47)41-24(18-50-23-15-21(33(35,36)37)14-22(16-23)34(38,39)40)26(46)45-13-12-25-32(19-45,28(48)44(6)43-25)17-20-10-8-7-9-11-20/h7-11,14-16,24H,12-13,17-19H2,1-6H3,(H,41,47)(H,42,49)/t24?,32-/m1/s1. The minimum absolute atomic E-state index is 0.0169. The molecule has 1 unspecified atom stereocenters. The van der Waals surface area contributed by atoms with Gasteiger partial charge in [0.05, 0.1) is 16.8 Å². The SMILES string of the molecule is CN1N=C2CCN(C(=O)C(COc3cc(C(F)(F)F)cc(C(F)(F)F)c3)NC(=O)C(C)(C)NC(=O)OC(C)(C)C)C[C@@]2(Cc2ccccc2)C1=O. The van der Waals surface area contributed by atoms with E-state index in [9.17, 15) is 45.5 Å². The van der Waals surface area contributed by atoms with Crippen molar-refractivity contribution in [2.75, 3.05) is 26.7 Å². The number of halogens is 6. The fourth-order valence-electron chi connectivity index (χ4n) is 5.75. The van der Waals surface area contributed by atoms with Crippen molar-refractivity contribution in [1.82, 2.24) is 20.5 Å². The Bertz CT molecular complexity index is 1660. The van der Waals surface area contributed by atoms with E-state index in [0.29, 0.717) is 17.8 Å². The Balaban J connectivity index is 1.66. The maximum absolute atomic E-state index is 14.2. The van der Waals surface area contributed by atoms with Crippen molar-refractivity contribution in [3.05, 3.63) is 65.2 Å². The zero-order chi connectivity index (χ0) is 38.2. The van der Waals surface area contributed by atoms with E-state index in [1.807, 2.05) is 0 Å². The summed E-state index contributed by atoms with van der Waals surface area (Å²) in [7, 11) is 1.48. The number of nitrogens with zero attached hydrogens (tertiary/aromatic N) is 3. The van der Waals surface area contributed by atoms with E-state index in [4.69, 9.17) is 9.47 Å². The fraction of sp³-hybridized carbons (Fsp3) is 0.500. The van der Waals surface area contributed by atoms with Crippen molar-refractivity contribution in [1.29, 1.82) is 0 Å². The van der Waals surface area contributed by atoms with Gasteiger partial charge in [-0.2, -0.15) is 31.4 Å². The highest BCUT2D eigenvalue weighted by Crippen LogP contribution is 2.40. The number of benzene rings is 2. The van der Waals surface area contributed by atoms with Crippen LogP contribution < -0.4 is 15.4 Å². The molecule has 2 atom stereocenters. The van der Waals surface area contributed by atoms with Crippen LogP contribution in [0.5, 0.6) is 5.75 Å². The Morgan fingerprint density at radius 1 is 0.941 bits per heavy atom. The number of carbonyl (C=O) groups excluding carboxylic acids is 4. The van der Waals surface area contributed by atoms with E-state index >= 15 is 0 Å². The molecule has 1 fully saturated rings. The maximum atomic E-state index is 14.2. The molecule has 0 saturated carbocycles. The molecule has 0 bridgehead atoms. The van der Waals surface area contributed by atoms with Crippen molar-refractivity contribution in [3.63, 3.8) is 0 Å². The van der Waals surface area contributed by atoms with Gasteiger partial charge in [-0.3, -0.25) is 14.4 Å². The lowest BCUT2D eigenvalue weighted by atomic mass is 9.73. The van der Waals surface area contributed by atoms with Gasteiger partial charge in [-0.25, -0.2) is 9.80 Å². The van der Waals surface area contributed by atoms with E-state index in [1.54, 1.807) is 51.1 Å². The second-order valence-corrected chi connectivity index (χ2v) is 14.0. The number of rotatable bonds is 9. The smallest absolute Gasteiger partial charge is 0.416 e. The molecule has 2 aliphatic heterocycles. The summed E-state index contributed by atoms with van der Waals surface area (Å²) in [5.41, 5.74) is -5.92. The van der Waals surface area contributed by atoms with E-state index < -0.39 is 76.3 Å². The zero-order valence-corrected chi connectivity index (χ0v) is 28.8. The second-order valence-electron chi connectivity index (χ2n) is 14.0. The van der Waals surface area contributed by atoms with Crippen molar-refractivity contribution in [3.8, 4) is 5.75 Å². The topological polar surface area (TPSA) is 130 Å². The molecule has 0 spiro atoms. The third kappa shape index (κ3) is 9.29. The second kappa shape index (κ2) is 14.1. The van der Waals surface area contributed by atoms with Gasteiger partial charge in [-0.15, -0.1) is 0 Å². The van der Waals surface area contributed by atoms with Gasteiger partial charge >= 0.3 is 18.4 Å². The largest absolute Gasteiger partial charge is 0.491 e. The molecule has 11 nitrogen and oxygen atoms in total. The molecule has 51 heavy (non-hydrogen) atoms. The number of ether oxygens (including phenoxy) is 2. The van der Waals surface area contributed by atoms with E-state index in [-0.39, 0.29) is 37.9 Å². The maximum Gasteiger partial charge on any atom is 0.416 e. The number of hydrazone groups is 1. The molecule has 4 rings (SSSR count). The van der Waals surface area contributed by atoms with Gasteiger partial charge < -0.3 is 25.0 Å². The van der Waals surface area contributed by atoms with Crippen LogP contribution in [0.3, 0.4) is 0 Å². The summed E-state index contributed by atoms with van der Waals surface area (Å²) in [5, 5.41) is 10.4. The number of alkyl halides is 6. The summed E-state index contributed by atoms with van der Waals surface area (Å²) in [6.07, 6.45) is -11.0. The van der Waals surface area contributed by atoms with Crippen molar-refractivity contribution < 1.29 is 55.0 Å². The summed E-state index contributed by atoms with van der Waals surface area (Å²) in [5.74, 6) is -3.04. The third-order valence-corrected chi connectivity index (χ3v) is 8.23. The average molecular weight is 728 g/mol. The fourth-order valence-corrected chi connectivity index (χ4v) is 5.75. The molecule has 1 saturated heterocycles. The molecule has 2 heterocycles. The van der Waals surface area contributed by atoms with Crippen LogP contribution >= 0.6 is 0 Å². The molecule has 2 aromatic carbocycles. The normalized spacial score (nSPS) is 18.8. The molecule has 278 valence electrons. The molecular formula is C34H39F6N5O6. The molecule has 4 amide bonds. The van der Waals surface area contributed by atoms with Crippen LogP contribution in [0, 0.1) is 5.41 Å². The monoisotopic (exact) mass is 727 g/mol. The predicted molar refractivity (Wildman–Crippen MR) is 171 cm³/mol. The molecule has 0 aliphatic carbocycles. The summed E-state index contributed by atoms with van der Waals surface area (Å²) >= 11 is 0. The molecule has 2 N–H and O–H groups in total.